The van der Waals surface area contributed by atoms with Crippen molar-refractivity contribution >= 4 is 11.8 Å². The molecule has 7 heteroatoms. The number of carbonyl (C=O) groups is 1. The van der Waals surface area contributed by atoms with E-state index in [1.54, 1.807) is 11.0 Å². The fraction of sp³-hybridized carbons (Fsp3) is 0.458. The molecular formula is C24H25F3N2O2. The Labute approximate surface area is 179 Å². The van der Waals surface area contributed by atoms with Crippen LogP contribution in [-0.4, -0.2) is 30.6 Å². The van der Waals surface area contributed by atoms with Crippen molar-refractivity contribution in [3.05, 3.63) is 64.7 Å². The van der Waals surface area contributed by atoms with Gasteiger partial charge in [-0.15, -0.1) is 0 Å². The fourth-order valence-corrected chi connectivity index (χ4v) is 5.48. The molecule has 164 valence electrons. The molecule has 1 fully saturated rings. The lowest BCUT2D eigenvalue weighted by atomic mass is 9.79. The van der Waals surface area contributed by atoms with Crippen molar-refractivity contribution < 1.29 is 22.7 Å². The van der Waals surface area contributed by atoms with Crippen LogP contribution in [0.4, 0.5) is 23.7 Å². The van der Waals surface area contributed by atoms with Crippen LogP contribution in [0, 0.1) is 5.92 Å². The minimum atomic E-state index is -4.37. The van der Waals surface area contributed by atoms with Gasteiger partial charge in [-0.3, -0.25) is 0 Å². The smallest absolute Gasteiger partial charge is 0.416 e. The molecular weight excluding hydrogens is 405 g/mol. The average Bonchev–Trinajstić information content (AvgIpc) is 3.14. The molecule has 0 N–H and O–H groups in total. The summed E-state index contributed by atoms with van der Waals surface area (Å²) in [6.07, 6.45) is -2.06. The maximum Gasteiger partial charge on any atom is 0.416 e. The summed E-state index contributed by atoms with van der Waals surface area (Å²) in [5.41, 5.74) is 2.33. The lowest BCUT2D eigenvalue weighted by molar-refractivity contribution is -0.138. The van der Waals surface area contributed by atoms with Crippen LogP contribution >= 0.6 is 0 Å². The Kier molecular flexibility index (Phi) is 5.07. The predicted octanol–water partition coefficient (Wildman–Crippen LogP) is 5.56. The Bertz CT molecular complexity index is 977. The standard InChI is InChI=1S/C24H25F3N2O2/c25-24(26,27)20-10-9-18-14-29(23(30)31-15-16-5-2-1-3-6-16)12-11-28-13-17-7-4-8-19(17)21(20)22(18)28/h1-3,5-6,9-10,17,19H,4,7-8,11-15H2. The number of fused-ring (bicyclic) bond motifs is 2. The maximum atomic E-state index is 13.9. The summed E-state index contributed by atoms with van der Waals surface area (Å²) in [5.74, 6) is 0.208. The van der Waals surface area contributed by atoms with Crippen LogP contribution in [0.2, 0.25) is 0 Å². The van der Waals surface area contributed by atoms with Gasteiger partial charge < -0.3 is 14.5 Å². The quantitative estimate of drug-likeness (QED) is 0.625. The van der Waals surface area contributed by atoms with Crippen molar-refractivity contribution in [2.45, 2.75) is 44.5 Å². The van der Waals surface area contributed by atoms with Crippen molar-refractivity contribution in [2.24, 2.45) is 5.92 Å². The minimum Gasteiger partial charge on any atom is -0.445 e. The van der Waals surface area contributed by atoms with E-state index in [-0.39, 0.29) is 25.0 Å². The van der Waals surface area contributed by atoms with E-state index in [0.29, 0.717) is 24.3 Å². The molecule has 2 atom stereocenters. The van der Waals surface area contributed by atoms with E-state index in [0.717, 1.165) is 36.9 Å². The van der Waals surface area contributed by atoms with Crippen LogP contribution in [0.25, 0.3) is 0 Å². The fourth-order valence-electron chi connectivity index (χ4n) is 5.48. The zero-order chi connectivity index (χ0) is 21.6. The van der Waals surface area contributed by atoms with E-state index in [1.807, 2.05) is 30.3 Å². The van der Waals surface area contributed by atoms with Gasteiger partial charge in [0.2, 0.25) is 0 Å². The molecule has 0 aromatic heterocycles. The molecule has 2 heterocycles. The first-order valence-corrected chi connectivity index (χ1v) is 10.9. The lowest BCUT2D eigenvalue weighted by Gasteiger charge is -2.40. The zero-order valence-electron chi connectivity index (χ0n) is 17.2. The lowest BCUT2D eigenvalue weighted by Crippen LogP contribution is -2.40. The molecule has 4 nitrogen and oxygen atoms in total. The predicted molar refractivity (Wildman–Crippen MR) is 111 cm³/mol. The number of carbonyl (C=O) groups excluding carboxylic acids is 1. The molecule has 1 amide bonds. The molecule has 5 rings (SSSR count). The highest BCUT2D eigenvalue weighted by molar-refractivity contribution is 5.72. The van der Waals surface area contributed by atoms with Crippen LogP contribution in [0.3, 0.4) is 0 Å². The van der Waals surface area contributed by atoms with Crippen molar-refractivity contribution in [3.63, 3.8) is 0 Å². The van der Waals surface area contributed by atoms with Gasteiger partial charge in [0.25, 0.3) is 0 Å². The number of benzene rings is 2. The molecule has 2 unspecified atom stereocenters. The van der Waals surface area contributed by atoms with Crippen molar-refractivity contribution in [1.29, 1.82) is 0 Å². The van der Waals surface area contributed by atoms with Crippen molar-refractivity contribution in [2.75, 3.05) is 24.5 Å². The van der Waals surface area contributed by atoms with Crippen LogP contribution in [0.15, 0.2) is 42.5 Å². The molecule has 1 aliphatic carbocycles. The SMILES string of the molecule is O=C(OCc1ccccc1)N1CCN2CC3CCCC3c3c(C(F)(F)F)ccc(c32)C1. The minimum absolute atomic E-state index is 0.0422. The number of rotatable bonds is 2. The highest BCUT2D eigenvalue weighted by Crippen LogP contribution is 2.53. The topological polar surface area (TPSA) is 32.8 Å². The first-order valence-electron chi connectivity index (χ1n) is 10.9. The number of anilines is 1. The molecule has 1 saturated carbocycles. The van der Waals surface area contributed by atoms with Gasteiger partial charge >= 0.3 is 12.3 Å². The summed E-state index contributed by atoms with van der Waals surface area (Å²) in [4.78, 5) is 16.4. The number of halogens is 3. The van der Waals surface area contributed by atoms with Gasteiger partial charge in [0.05, 0.1) is 12.1 Å². The Balaban J connectivity index is 1.44. The molecule has 2 aromatic carbocycles. The second-order valence-electron chi connectivity index (χ2n) is 8.74. The van der Waals surface area contributed by atoms with E-state index < -0.39 is 17.8 Å². The summed E-state index contributed by atoms with van der Waals surface area (Å²) in [7, 11) is 0. The molecule has 0 spiro atoms. The van der Waals surface area contributed by atoms with Gasteiger partial charge in [0, 0.05) is 25.3 Å². The zero-order valence-corrected chi connectivity index (χ0v) is 17.2. The van der Waals surface area contributed by atoms with Crippen LogP contribution in [-0.2, 0) is 24.1 Å². The number of nitrogens with zero attached hydrogens (tertiary/aromatic N) is 2. The number of amides is 1. The third-order valence-electron chi connectivity index (χ3n) is 6.87. The summed E-state index contributed by atoms with van der Waals surface area (Å²) in [6, 6.07) is 12.2. The van der Waals surface area contributed by atoms with Crippen molar-refractivity contribution in [3.8, 4) is 0 Å². The highest BCUT2D eigenvalue weighted by Gasteiger charge is 2.45. The van der Waals surface area contributed by atoms with E-state index in [2.05, 4.69) is 4.90 Å². The second-order valence-corrected chi connectivity index (χ2v) is 8.74. The Morgan fingerprint density at radius 3 is 2.65 bits per heavy atom. The van der Waals surface area contributed by atoms with E-state index in [4.69, 9.17) is 4.74 Å². The molecule has 0 bridgehead atoms. The maximum absolute atomic E-state index is 13.9. The van der Waals surface area contributed by atoms with Gasteiger partial charge in [-0.1, -0.05) is 42.8 Å². The third kappa shape index (κ3) is 3.75. The summed E-state index contributed by atoms with van der Waals surface area (Å²) >= 11 is 0. The van der Waals surface area contributed by atoms with Gasteiger partial charge in [-0.05, 0) is 47.4 Å². The summed E-state index contributed by atoms with van der Waals surface area (Å²) < 4.78 is 47.1. The van der Waals surface area contributed by atoms with Crippen LogP contribution < -0.4 is 4.90 Å². The summed E-state index contributed by atoms with van der Waals surface area (Å²) in [5, 5.41) is 0. The van der Waals surface area contributed by atoms with E-state index in [1.165, 1.54) is 6.07 Å². The molecule has 31 heavy (non-hydrogen) atoms. The normalized spacial score (nSPS) is 22.5. The molecule has 3 aliphatic rings. The monoisotopic (exact) mass is 430 g/mol. The highest BCUT2D eigenvalue weighted by atomic mass is 19.4. The van der Waals surface area contributed by atoms with Crippen LogP contribution in [0.5, 0.6) is 0 Å². The average molecular weight is 430 g/mol. The van der Waals surface area contributed by atoms with Gasteiger partial charge in [-0.2, -0.15) is 13.2 Å². The molecule has 2 aliphatic heterocycles. The number of alkyl halides is 3. The first-order chi connectivity index (χ1) is 14.9. The number of ether oxygens (including phenoxy) is 1. The number of hydrogen-bond acceptors (Lipinski definition) is 3. The second kappa shape index (κ2) is 7.77. The Morgan fingerprint density at radius 1 is 1.06 bits per heavy atom. The molecule has 2 aromatic rings. The van der Waals surface area contributed by atoms with Crippen LogP contribution in [0.1, 0.15) is 47.4 Å². The van der Waals surface area contributed by atoms with Gasteiger partial charge in [0.15, 0.2) is 0 Å². The molecule has 0 radical (unpaired) electrons. The number of hydrogen-bond donors (Lipinski definition) is 0. The van der Waals surface area contributed by atoms with E-state index >= 15 is 0 Å². The van der Waals surface area contributed by atoms with Gasteiger partial charge in [0.1, 0.15) is 6.61 Å². The third-order valence-corrected chi connectivity index (χ3v) is 6.87. The Morgan fingerprint density at radius 2 is 1.87 bits per heavy atom. The van der Waals surface area contributed by atoms with Gasteiger partial charge in [-0.25, -0.2) is 4.79 Å². The summed E-state index contributed by atoms with van der Waals surface area (Å²) in [6.45, 7) is 2.15. The van der Waals surface area contributed by atoms with Crippen molar-refractivity contribution in [1.82, 2.24) is 4.90 Å². The first kappa shape index (κ1) is 20.2. The Hall–Kier alpha value is -2.70. The van der Waals surface area contributed by atoms with E-state index in [9.17, 15) is 18.0 Å². The largest absolute Gasteiger partial charge is 0.445 e. The molecule has 0 saturated heterocycles.